The lowest BCUT2D eigenvalue weighted by Crippen LogP contribution is -1.95. The van der Waals surface area contributed by atoms with Crippen LogP contribution in [0.4, 0.5) is 0 Å². The molecule has 0 bridgehead atoms. The summed E-state index contributed by atoms with van der Waals surface area (Å²) in [4.78, 5) is 0. The van der Waals surface area contributed by atoms with Gasteiger partial charge in [0.2, 0.25) is 0 Å². The van der Waals surface area contributed by atoms with E-state index in [1.165, 1.54) is 49.2 Å². The van der Waals surface area contributed by atoms with Crippen LogP contribution in [0, 0.1) is 20.8 Å². The molecule has 1 nitrogen and oxygen atoms in total. The molecule has 0 aliphatic rings. The molecule has 164 valence electrons. The predicted molar refractivity (Wildman–Crippen MR) is 147 cm³/mol. The summed E-state index contributed by atoms with van der Waals surface area (Å²) in [5.41, 5.74) is 7.97. The molecule has 6 aromatic carbocycles. The van der Waals surface area contributed by atoms with Crippen LogP contribution in [0.25, 0.3) is 55.3 Å². The molecule has 34 heavy (non-hydrogen) atoms. The van der Waals surface area contributed by atoms with Gasteiger partial charge in [-0.3, -0.25) is 0 Å². The molecule has 0 atom stereocenters. The van der Waals surface area contributed by atoms with Crippen LogP contribution in [-0.4, -0.2) is 5.11 Å². The van der Waals surface area contributed by atoms with Crippen molar-refractivity contribution in [1.29, 1.82) is 0 Å². The van der Waals surface area contributed by atoms with Crippen molar-refractivity contribution in [1.82, 2.24) is 0 Å². The molecule has 1 heteroatoms. The van der Waals surface area contributed by atoms with E-state index in [0.29, 0.717) is 5.76 Å². The highest BCUT2D eigenvalue weighted by molar-refractivity contribution is 6.28. The molecular weight excluding hydrogens is 412 g/mol. The van der Waals surface area contributed by atoms with Crippen LogP contribution in [0.1, 0.15) is 27.8 Å². The molecule has 0 aromatic heterocycles. The van der Waals surface area contributed by atoms with Crippen molar-refractivity contribution in [2.24, 2.45) is 0 Å². The highest BCUT2D eigenvalue weighted by Gasteiger charge is 2.18. The van der Waals surface area contributed by atoms with Crippen molar-refractivity contribution in [2.75, 3.05) is 0 Å². The van der Waals surface area contributed by atoms with Crippen LogP contribution in [0.15, 0.2) is 91.0 Å². The number of hydrogen-bond acceptors (Lipinski definition) is 1. The summed E-state index contributed by atoms with van der Waals surface area (Å²) in [6.45, 7) is 6.41. The van der Waals surface area contributed by atoms with Crippen molar-refractivity contribution >= 4 is 44.2 Å². The lowest BCUT2D eigenvalue weighted by molar-refractivity contribution is 0.516. The van der Waals surface area contributed by atoms with Gasteiger partial charge >= 0.3 is 0 Å². The molecule has 0 aliphatic carbocycles. The fourth-order valence-electron chi connectivity index (χ4n) is 5.39. The fraction of sp³-hybridized carbons (Fsp3) is 0.0909. The van der Waals surface area contributed by atoms with Gasteiger partial charge in [0.05, 0.1) is 0 Å². The van der Waals surface area contributed by atoms with Crippen molar-refractivity contribution < 1.29 is 5.11 Å². The lowest BCUT2D eigenvalue weighted by Gasteiger charge is -2.19. The summed E-state index contributed by atoms with van der Waals surface area (Å²) in [7, 11) is 0. The van der Waals surface area contributed by atoms with Gasteiger partial charge in [-0.25, -0.2) is 0 Å². The zero-order valence-electron chi connectivity index (χ0n) is 19.7. The molecule has 0 fully saturated rings. The standard InChI is InChI=1S/C33H26O/c1-20-9-7-8-12-24(20)19-31(34)30-18-22(3)26-13-15-27-29(23-10-5-4-6-11-23)17-21(2)25-14-16-28(30)33(26)32(25)27/h4-19,34H,1-3H3/b31-19-. The third-order valence-corrected chi connectivity index (χ3v) is 7.15. The van der Waals surface area contributed by atoms with Crippen molar-refractivity contribution in [3.8, 4) is 11.1 Å². The summed E-state index contributed by atoms with van der Waals surface area (Å²) >= 11 is 0. The van der Waals surface area contributed by atoms with E-state index in [1.54, 1.807) is 0 Å². The number of aliphatic hydroxyl groups is 1. The molecule has 0 unspecified atom stereocenters. The van der Waals surface area contributed by atoms with Crippen LogP contribution in [0.5, 0.6) is 0 Å². The summed E-state index contributed by atoms with van der Waals surface area (Å²) < 4.78 is 0. The monoisotopic (exact) mass is 438 g/mol. The summed E-state index contributed by atoms with van der Waals surface area (Å²) in [5, 5.41) is 18.7. The summed E-state index contributed by atoms with van der Waals surface area (Å²) in [6, 6.07) is 32.1. The molecule has 0 saturated heterocycles. The normalized spacial score (nSPS) is 12.3. The smallest absolute Gasteiger partial charge is 0.124 e. The van der Waals surface area contributed by atoms with Crippen LogP contribution >= 0.6 is 0 Å². The Morgan fingerprint density at radius 2 is 1.18 bits per heavy atom. The van der Waals surface area contributed by atoms with E-state index in [2.05, 4.69) is 93.6 Å². The molecule has 1 N–H and O–H groups in total. The maximum Gasteiger partial charge on any atom is 0.124 e. The first-order valence-corrected chi connectivity index (χ1v) is 11.8. The van der Waals surface area contributed by atoms with Gasteiger partial charge in [-0.05, 0) is 98.6 Å². The van der Waals surface area contributed by atoms with Crippen molar-refractivity contribution in [2.45, 2.75) is 20.8 Å². The Balaban J connectivity index is 1.71. The van der Waals surface area contributed by atoms with E-state index in [4.69, 9.17) is 0 Å². The average molecular weight is 439 g/mol. The molecule has 6 rings (SSSR count). The first-order chi connectivity index (χ1) is 16.5. The Morgan fingerprint density at radius 1 is 0.588 bits per heavy atom. The predicted octanol–water partition coefficient (Wildman–Crippen LogP) is 9.23. The van der Waals surface area contributed by atoms with E-state index < -0.39 is 0 Å². The third-order valence-electron chi connectivity index (χ3n) is 7.15. The molecular formula is C33H26O. The van der Waals surface area contributed by atoms with Gasteiger partial charge in [-0.2, -0.15) is 0 Å². The summed E-state index contributed by atoms with van der Waals surface area (Å²) in [6.07, 6.45) is 1.89. The Morgan fingerprint density at radius 3 is 1.91 bits per heavy atom. The molecule has 0 saturated carbocycles. The number of hydrogen-bond donors (Lipinski definition) is 1. The van der Waals surface area contributed by atoms with Gasteiger partial charge in [0.15, 0.2) is 0 Å². The van der Waals surface area contributed by atoms with E-state index in [1.807, 2.05) is 24.3 Å². The second-order valence-corrected chi connectivity index (χ2v) is 9.31. The highest BCUT2D eigenvalue weighted by Crippen LogP contribution is 2.43. The lowest BCUT2D eigenvalue weighted by atomic mass is 9.85. The molecule has 0 spiro atoms. The topological polar surface area (TPSA) is 20.2 Å². The molecule has 6 aromatic rings. The van der Waals surface area contributed by atoms with Gasteiger partial charge in [0.25, 0.3) is 0 Å². The Hall–Kier alpha value is -4.10. The van der Waals surface area contributed by atoms with Crippen LogP contribution < -0.4 is 0 Å². The first kappa shape index (κ1) is 20.5. The molecule has 0 aliphatic heterocycles. The first-order valence-electron chi connectivity index (χ1n) is 11.8. The van der Waals surface area contributed by atoms with Crippen LogP contribution in [0.2, 0.25) is 0 Å². The number of benzene rings is 6. The van der Waals surface area contributed by atoms with Crippen LogP contribution in [0.3, 0.4) is 0 Å². The highest BCUT2D eigenvalue weighted by atomic mass is 16.3. The largest absolute Gasteiger partial charge is 0.507 e. The maximum absolute atomic E-state index is 11.3. The summed E-state index contributed by atoms with van der Waals surface area (Å²) in [5.74, 6) is 0.301. The molecule has 0 heterocycles. The van der Waals surface area contributed by atoms with Gasteiger partial charge < -0.3 is 5.11 Å². The third kappa shape index (κ3) is 3.08. The minimum atomic E-state index is 0.301. The minimum absolute atomic E-state index is 0.301. The Bertz CT molecular complexity index is 1720. The zero-order chi connectivity index (χ0) is 23.4. The van der Waals surface area contributed by atoms with Crippen LogP contribution in [-0.2, 0) is 0 Å². The van der Waals surface area contributed by atoms with Gasteiger partial charge in [0.1, 0.15) is 5.76 Å². The van der Waals surface area contributed by atoms with Gasteiger partial charge in [-0.1, -0.05) is 84.9 Å². The second-order valence-electron chi connectivity index (χ2n) is 9.31. The second kappa shape index (κ2) is 7.74. The number of rotatable bonds is 3. The fourth-order valence-corrected chi connectivity index (χ4v) is 5.39. The molecule has 0 amide bonds. The zero-order valence-corrected chi connectivity index (χ0v) is 19.7. The van der Waals surface area contributed by atoms with Gasteiger partial charge in [-0.15, -0.1) is 0 Å². The van der Waals surface area contributed by atoms with Crippen molar-refractivity contribution in [3.05, 3.63) is 119 Å². The van der Waals surface area contributed by atoms with E-state index >= 15 is 0 Å². The quantitative estimate of drug-likeness (QED) is 0.166. The van der Waals surface area contributed by atoms with E-state index in [-0.39, 0.29) is 0 Å². The maximum atomic E-state index is 11.3. The van der Waals surface area contributed by atoms with Crippen molar-refractivity contribution in [3.63, 3.8) is 0 Å². The SMILES string of the molecule is Cc1ccccc1/C=C(\O)c1cc(C)c2ccc3c(-c4ccccc4)cc(C)c4ccc1c2c43. The van der Waals surface area contributed by atoms with Gasteiger partial charge in [0, 0.05) is 5.56 Å². The molecule has 0 radical (unpaired) electrons. The van der Waals surface area contributed by atoms with E-state index in [9.17, 15) is 5.11 Å². The minimum Gasteiger partial charge on any atom is -0.507 e. The Kier molecular flexibility index (Phi) is 4.67. The number of aryl methyl sites for hydroxylation is 3. The Labute approximate surface area is 199 Å². The van der Waals surface area contributed by atoms with E-state index in [0.717, 1.165) is 22.1 Å². The number of aliphatic hydroxyl groups excluding tert-OH is 1. The average Bonchev–Trinajstić information content (AvgIpc) is 2.86.